The second-order valence-corrected chi connectivity index (χ2v) is 5.70. The Morgan fingerprint density at radius 3 is 2.38 bits per heavy atom. The summed E-state index contributed by atoms with van der Waals surface area (Å²) in [5.74, 6) is 0. The van der Waals surface area contributed by atoms with Gasteiger partial charge in [-0.1, -0.05) is 30.3 Å². The third-order valence-corrected chi connectivity index (χ3v) is 4.29. The minimum Gasteiger partial charge on any atom is -0.343 e. The van der Waals surface area contributed by atoms with Gasteiger partial charge in [0.05, 0.1) is 0 Å². The van der Waals surface area contributed by atoms with E-state index in [2.05, 4.69) is 67.1 Å². The van der Waals surface area contributed by atoms with Gasteiger partial charge >= 0.3 is 0 Å². The van der Waals surface area contributed by atoms with E-state index in [-0.39, 0.29) is 0 Å². The summed E-state index contributed by atoms with van der Waals surface area (Å²) in [5.41, 5.74) is 12.5. The Morgan fingerprint density at radius 2 is 1.67 bits per heavy atom. The monoisotopic (exact) mass is 278 g/mol. The number of rotatable bonds is 4. The van der Waals surface area contributed by atoms with E-state index in [0.717, 1.165) is 13.0 Å². The molecule has 2 N–H and O–H groups in total. The number of aryl methyl sites for hydroxylation is 2. The molecule has 108 valence electrons. The van der Waals surface area contributed by atoms with Crippen molar-refractivity contribution in [1.82, 2.24) is 4.57 Å². The zero-order chi connectivity index (χ0) is 14.8. The van der Waals surface area contributed by atoms with Crippen LogP contribution in [0.3, 0.4) is 0 Å². The van der Waals surface area contributed by atoms with E-state index in [1.165, 1.54) is 33.2 Å². The number of nitrogens with zero attached hydrogens (tertiary/aromatic N) is 1. The van der Waals surface area contributed by atoms with Gasteiger partial charge in [-0.15, -0.1) is 0 Å². The van der Waals surface area contributed by atoms with Crippen LogP contribution in [0.25, 0.3) is 10.9 Å². The van der Waals surface area contributed by atoms with E-state index >= 15 is 0 Å². The molecule has 0 saturated heterocycles. The van der Waals surface area contributed by atoms with E-state index in [4.69, 9.17) is 5.73 Å². The van der Waals surface area contributed by atoms with Crippen molar-refractivity contribution >= 4 is 10.9 Å². The van der Waals surface area contributed by atoms with E-state index < -0.39 is 0 Å². The van der Waals surface area contributed by atoms with Crippen LogP contribution in [0.2, 0.25) is 0 Å². The Bertz CT molecular complexity index is 748. The molecule has 0 aliphatic heterocycles. The summed E-state index contributed by atoms with van der Waals surface area (Å²) >= 11 is 0. The van der Waals surface area contributed by atoms with Gasteiger partial charge in [0.25, 0.3) is 0 Å². The first kappa shape index (κ1) is 13.9. The van der Waals surface area contributed by atoms with E-state index in [9.17, 15) is 0 Å². The maximum absolute atomic E-state index is 5.71. The van der Waals surface area contributed by atoms with Crippen LogP contribution in [0.1, 0.15) is 22.3 Å². The number of benzene rings is 2. The maximum atomic E-state index is 5.71. The minimum absolute atomic E-state index is 0.696. The molecule has 21 heavy (non-hydrogen) atoms. The molecule has 3 rings (SSSR count). The fourth-order valence-corrected chi connectivity index (χ4v) is 3.07. The molecule has 0 atom stereocenters. The third-order valence-electron chi connectivity index (χ3n) is 4.29. The first-order chi connectivity index (χ1) is 10.2. The van der Waals surface area contributed by atoms with Crippen molar-refractivity contribution in [2.45, 2.75) is 26.8 Å². The van der Waals surface area contributed by atoms with Gasteiger partial charge in [0, 0.05) is 23.6 Å². The Morgan fingerprint density at radius 1 is 0.952 bits per heavy atom. The molecule has 0 bridgehead atoms. The number of aromatic nitrogens is 1. The van der Waals surface area contributed by atoms with Crippen LogP contribution in [0, 0.1) is 13.8 Å². The molecule has 0 aliphatic rings. The summed E-state index contributed by atoms with van der Waals surface area (Å²) in [6, 6.07) is 15.2. The Hall–Kier alpha value is -2.06. The van der Waals surface area contributed by atoms with Crippen LogP contribution in [-0.4, -0.2) is 11.1 Å². The molecule has 0 unspecified atom stereocenters. The summed E-state index contributed by atoms with van der Waals surface area (Å²) in [4.78, 5) is 0. The number of hydrogen-bond donors (Lipinski definition) is 1. The van der Waals surface area contributed by atoms with Crippen molar-refractivity contribution in [3.63, 3.8) is 0 Å². The Balaban J connectivity index is 2.04. The molecule has 0 fully saturated rings. The van der Waals surface area contributed by atoms with Crippen molar-refractivity contribution in [3.8, 4) is 0 Å². The lowest BCUT2D eigenvalue weighted by molar-refractivity contribution is 0.823. The van der Waals surface area contributed by atoms with Gasteiger partial charge in [-0.3, -0.25) is 0 Å². The van der Waals surface area contributed by atoms with E-state index in [0.29, 0.717) is 6.54 Å². The van der Waals surface area contributed by atoms with Gasteiger partial charge < -0.3 is 10.3 Å². The summed E-state index contributed by atoms with van der Waals surface area (Å²) in [6.07, 6.45) is 3.13. The molecule has 0 saturated carbocycles. The Kier molecular flexibility index (Phi) is 3.80. The smallest absolute Gasteiger partial charge is 0.0486 e. The molecule has 2 nitrogen and oxygen atoms in total. The standard InChI is InChI=1S/C19H22N2/c1-14-5-3-6-15(2)18(14)13-21-12-10-17-16(9-11-20)7-4-8-19(17)21/h3-8,10,12H,9,11,13,20H2,1-2H3. The highest BCUT2D eigenvalue weighted by molar-refractivity contribution is 5.83. The molecule has 2 aromatic carbocycles. The second kappa shape index (κ2) is 5.74. The minimum atomic E-state index is 0.696. The van der Waals surface area contributed by atoms with Crippen molar-refractivity contribution in [1.29, 1.82) is 0 Å². The molecule has 3 aromatic rings. The van der Waals surface area contributed by atoms with E-state index in [1.54, 1.807) is 0 Å². The predicted molar refractivity (Wildman–Crippen MR) is 89.7 cm³/mol. The topological polar surface area (TPSA) is 30.9 Å². The molecule has 0 amide bonds. The molecule has 1 aromatic heterocycles. The molecule has 1 heterocycles. The number of fused-ring (bicyclic) bond motifs is 1. The zero-order valence-electron chi connectivity index (χ0n) is 12.8. The van der Waals surface area contributed by atoms with Crippen LogP contribution < -0.4 is 5.73 Å². The van der Waals surface area contributed by atoms with Gasteiger partial charge in [0.15, 0.2) is 0 Å². The summed E-state index contributed by atoms with van der Waals surface area (Å²) < 4.78 is 2.34. The van der Waals surface area contributed by atoms with Crippen molar-refractivity contribution in [2.24, 2.45) is 5.73 Å². The second-order valence-electron chi connectivity index (χ2n) is 5.70. The summed E-state index contributed by atoms with van der Waals surface area (Å²) in [6.45, 7) is 6.00. The van der Waals surface area contributed by atoms with Gasteiger partial charge in [0.1, 0.15) is 0 Å². The number of hydrogen-bond acceptors (Lipinski definition) is 1. The lowest BCUT2D eigenvalue weighted by Crippen LogP contribution is -2.04. The first-order valence-electron chi connectivity index (χ1n) is 7.52. The quantitative estimate of drug-likeness (QED) is 0.773. The van der Waals surface area contributed by atoms with Crippen LogP contribution >= 0.6 is 0 Å². The van der Waals surface area contributed by atoms with E-state index in [1.807, 2.05) is 0 Å². The predicted octanol–water partition coefficient (Wildman–Crippen LogP) is 3.81. The molecule has 2 heteroatoms. The molecule has 0 aliphatic carbocycles. The van der Waals surface area contributed by atoms with Crippen LogP contribution in [0.5, 0.6) is 0 Å². The average molecular weight is 278 g/mol. The van der Waals surface area contributed by atoms with Crippen molar-refractivity contribution in [3.05, 3.63) is 70.9 Å². The highest BCUT2D eigenvalue weighted by Gasteiger charge is 2.08. The summed E-state index contributed by atoms with van der Waals surface area (Å²) in [5, 5.41) is 1.33. The SMILES string of the molecule is Cc1cccc(C)c1Cn1ccc2c(CCN)cccc21. The van der Waals surface area contributed by atoms with Crippen molar-refractivity contribution < 1.29 is 0 Å². The lowest BCUT2D eigenvalue weighted by Gasteiger charge is -2.12. The zero-order valence-corrected chi connectivity index (χ0v) is 12.8. The number of nitrogens with two attached hydrogens (primary N) is 1. The van der Waals surface area contributed by atoms with Crippen LogP contribution in [0.15, 0.2) is 48.7 Å². The summed E-state index contributed by atoms with van der Waals surface area (Å²) in [7, 11) is 0. The van der Waals surface area contributed by atoms with Crippen molar-refractivity contribution in [2.75, 3.05) is 6.54 Å². The average Bonchev–Trinajstić information content (AvgIpc) is 2.88. The highest BCUT2D eigenvalue weighted by atomic mass is 15.0. The van der Waals surface area contributed by atoms with Crippen LogP contribution in [0.4, 0.5) is 0 Å². The third kappa shape index (κ3) is 2.59. The van der Waals surface area contributed by atoms with Crippen LogP contribution in [-0.2, 0) is 13.0 Å². The van der Waals surface area contributed by atoms with Gasteiger partial charge in [0.2, 0.25) is 0 Å². The van der Waals surface area contributed by atoms with Gasteiger partial charge in [-0.05, 0) is 61.2 Å². The molecular weight excluding hydrogens is 256 g/mol. The molecular formula is C19H22N2. The molecule has 0 radical (unpaired) electrons. The normalized spacial score (nSPS) is 11.2. The molecule has 0 spiro atoms. The fraction of sp³-hybridized carbons (Fsp3) is 0.263. The Labute approximate surface area is 126 Å². The maximum Gasteiger partial charge on any atom is 0.0486 e. The first-order valence-corrected chi connectivity index (χ1v) is 7.52. The fourth-order valence-electron chi connectivity index (χ4n) is 3.07. The highest BCUT2D eigenvalue weighted by Crippen LogP contribution is 2.23. The largest absolute Gasteiger partial charge is 0.343 e. The van der Waals surface area contributed by atoms with Gasteiger partial charge in [-0.2, -0.15) is 0 Å². The lowest BCUT2D eigenvalue weighted by atomic mass is 10.0. The van der Waals surface area contributed by atoms with Gasteiger partial charge in [-0.25, -0.2) is 0 Å².